The van der Waals surface area contributed by atoms with Gasteiger partial charge in [-0.1, -0.05) is 118 Å². The van der Waals surface area contributed by atoms with Gasteiger partial charge in [0.15, 0.2) is 0 Å². The summed E-state index contributed by atoms with van der Waals surface area (Å²) < 4.78 is 12.0. The molecule has 3 aromatic carbocycles. The number of halogens is 1. The fourth-order valence-electron chi connectivity index (χ4n) is 4.54. The molecule has 0 saturated heterocycles. The topological polar surface area (TPSA) is 64.6 Å². The Hall–Kier alpha value is -3.19. The molecule has 0 radical (unpaired) electrons. The van der Waals surface area contributed by atoms with Crippen molar-refractivity contribution in [2.75, 3.05) is 13.2 Å². The normalized spacial score (nSPS) is 13.6. The summed E-state index contributed by atoms with van der Waals surface area (Å²) >= 11 is 6.51. The maximum atomic E-state index is 13.1. The van der Waals surface area contributed by atoms with Crippen molar-refractivity contribution in [1.82, 2.24) is 5.32 Å². The summed E-state index contributed by atoms with van der Waals surface area (Å²) in [6, 6.07) is 29.0. The van der Waals surface area contributed by atoms with Crippen LogP contribution in [-0.2, 0) is 18.8 Å². The number of hydrogen-bond donors (Lipinski definition) is 1. The predicted octanol–water partition coefficient (Wildman–Crippen LogP) is 5.15. The van der Waals surface area contributed by atoms with Gasteiger partial charge in [-0.25, -0.2) is 4.79 Å². The molecule has 3 aromatic rings. The summed E-state index contributed by atoms with van der Waals surface area (Å²) in [6.07, 6.45) is 2.94. The van der Waals surface area contributed by atoms with Crippen molar-refractivity contribution in [3.05, 3.63) is 109 Å². The second-order valence-electron chi connectivity index (χ2n) is 9.97. The first-order valence-corrected chi connectivity index (χ1v) is 15.1. The van der Waals surface area contributed by atoms with E-state index in [-0.39, 0.29) is 24.2 Å². The molecular weight excluding hydrogens is 514 g/mol. The van der Waals surface area contributed by atoms with E-state index in [1.807, 2.05) is 54.6 Å². The number of nitrogens with one attached hydrogen (secondary N) is 1. The quantitative estimate of drug-likeness (QED) is 0.155. The summed E-state index contributed by atoms with van der Waals surface area (Å²) in [5.74, 6) is -0.856. The van der Waals surface area contributed by atoms with Crippen LogP contribution in [0.15, 0.2) is 103 Å². The lowest BCUT2D eigenvalue weighted by molar-refractivity contribution is -0.137. The zero-order chi connectivity index (χ0) is 27.6. The minimum atomic E-state index is -2.86. The zero-order valence-electron chi connectivity index (χ0n) is 22.4. The average molecular weight is 550 g/mol. The van der Waals surface area contributed by atoms with Crippen LogP contribution in [-0.4, -0.2) is 39.4 Å². The van der Waals surface area contributed by atoms with Gasteiger partial charge in [-0.15, -0.1) is 11.6 Å². The molecule has 1 unspecified atom stereocenters. The van der Waals surface area contributed by atoms with Crippen molar-refractivity contribution >= 4 is 42.2 Å². The third kappa shape index (κ3) is 7.22. The van der Waals surface area contributed by atoms with Gasteiger partial charge in [0.1, 0.15) is 5.38 Å². The van der Waals surface area contributed by atoms with Crippen LogP contribution in [0.5, 0.6) is 0 Å². The maximum absolute atomic E-state index is 13.1. The number of carbonyl (C=O) groups excluding carboxylic acids is 2. The molecule has 2 atom stereocenters. The second-order valence-corrected chi connectivity index (χ2v) is 14.7. The molecule has 5 nitrogen and oxygen atoms in total. The van der Waals surface area contributed by atoms with Crippen LogP contribution in [0.3, 0.4) is 0 Å². The first-order valence-electron chi connectivity index (χ1n) is 12.8. The Labute approximate surface area is 232 Å². The van der Waals surface area contributed by atoms with E-state index in [2.05, 4.69) is 50.4 Å². The number of carbonyl (C=O) groups is 2. The molecule has 0 bridgehead atoms. The Balaban J connectivity index is 1.97. The number of esters is 1. The Morgan fingerprint density at radius 2 is 1.39 bits per heavy atom. The van der Waals surface area contributed by atoms with Crippen LogP contribution in [0, 0.1) is 0 Å². The smallest absolute Gasteiger partial charge is 0.330 e. The average Bonchev–Trinajstić information content (AvgIpc) is 2.92. The molecule has 1 amide bonds. The number of hydrogen-bond acceptors (Lipinski definition) is 4. The van der Waals surface area contributed by atoms with E-state index in [9.17, 15) is 9.59 Å². The Morgan fingerprint density at radius 1 is 0.895 bits per heavy atom. The number of rotatable bonds is 11. The van der Waals surface area contributed by atoms with E-state index in [1.165, 1.54) is 6.08 Å². The largest absolute Gasteiger partial charge is 0.463 e. The first kappa shape index (κ1) is 29.4. The fraction of sp³-hybridized carbons (Fsp3) is 0.290. The molecule has 0 saturated carbocycles. The van der Waals surface area contributed by atoms with Gasteiger partial charge in [-0.05, 0) is 27.9 Å². The number of alkyl halides is 1. The van der Waals surface area contributed by atoms with Gasteiger partial charge in [0.2, 0.25) is 5.91 Å². The van der Waals surface area contributed by atoms with E-state index in [0.717, 1.165) is 10.4 Å². The van der Waals surface area contributed by atoms with Crippen LogP contribution in [0.1, 0.15) is 38.6 Å². The van der Waals surface area contributed by atoms with Gasteiger partial charge in [-0.2, -0.15) is 0 Å². The molecule has 0 heterocycles. The molecule has 0 aromatic heterocycles. The highest BCUT2D eigenvalue weighted by atomic mass is 35.5. The minimum absolute atomic E-state index is 0.146. The van der Waals surface area contributed by atoms with Crippen molar-refractivity contribution in [2.45, 2.75) is 44.2 Å². The number of ether oxygens (including phenoxy) is 1. The third-order valence-electron chi connectivity index (χ3n) is 6.30. The van der Waals surface area contributed by atoms with Crippen LogP contribution >= 0.6 is 11.6 Å². The molecule has 200 valence electrons. The van der Waals surface area contributed by atoms with Gasteiger partial charge in [0, 0.05) is 6.08 Å². The Bertz CT molecular complexity index is 1160. The van der Waals surface area contributed by atoms with E-state index < -0.39 is 25.7 Å². The highest BCUT2D eigenvalue weighted by Crippen LogP contribution is 2.36. The zero-order valence-corrected chi connectivity index (χ0v) is 24.2. The van der Waals surface area contributed by atoms with Crippen molar-refractivity contribution in [3.63, 3.8) is 0 Å². The summed E-state index contributed by atoms with van der Waals surface area (Å²) in [4.78, 5) is 25.3. The van der Waals surface area contributed by atoms with Gasteiger partial charge >= 0.3 is 5.97 Å². The third-order valence-corrected chi connectivity index (χ3v) is 11.8. The van der Waals surface area contributed by atoms with Crippen molar-refractivity contribution in [1.29, 1.82) is 0 Å². The molecular formula is C31H36ClNO4Si. The first-order chi connectivity index (χ1) is 18.2. The Morgan fingerprint density at radius 3 is 1.87 bits per heavy atom. The molecule has 7 heteroatoms. The second kappa shape index (κ2) is 13.6. The van der Waals surface area contributed by atoms with Crippen molar-refractivity contribution in [2.24, 2.45) is 0 Å². The standard InChI is InChI=1S/C31H36ClNO4Si/c1-5-36-28(34)22-21-25(33-30(35)29(32)24-15-9-6-10-16-24)23-37-38(31(2,3)4,26-17-11-7-12-18-26)27-19-13-8-14-20-27/h6-22,25,29H,5,23H2,1-4H3,(H,33,35)/b22-21+/t25-,29?/m0/s1. The van der Waals surface area contributed by atoms with E-state index >= 15 is 0 Å². The van der Waals surface area contributed by atoms with E-state index in [1.54, 1.807) is 25.1 Å². The number of amides is 1. The molecule has 1 N–H and O–H groups in total. The summed E-state index contributed by atoms with van der Waals surface area (Å²) in [7, 11) is -2.86. The molecule has 0 aliphatic rings. The highest BCUT2D eigenvalue weighted by Gasteiger charge is 2.50. The van der Waals surface area contributed by atoms with Crippen LogP contribution in [0.2, 0.25) is 5.04 Å². The monoisotopic (exact) mass is 549 g/mol. The van der Waals surface area contributed by atoms with Crippen molar-refractivity contribution < 1.29 is 18.8 Å². The van der Waals surface area contributed by atoms with Crippen molar-refractivity contribution in [3.8, 4) is 0 Å². The van der Waals surface area contributed by atoms with Gasteiger partial charge in [0.05, 0.1) is 19.3 Å². The lowest BCUT2D eigenvalue weighted by Gasteiger charge is -2.43. The molecule has 38 heavy (non-hydrogen) atoms. The minimum Gasteiger partial charge on any atom is -0.463 e. The van der Waals surface area contributed by atoms with Crippen LogP contribution < -0.4 is 15.7 Å². The SMILES string of the molecule is CCOC(=O)/C=C/[C@@H](CO[Si](c1ccccc1)(c1ccccc1)C(C)(C)C)NC(=O)C(Cl)c1ccccc1. The molecule has 0 fully saturated rings. The molecule has 0 aliphatic heterocycles. The molecule has 3 rings (SSSR count). The highest BCUT2D eigenvalue weighted by molar-refractivity contribution is 6.99. The lowest BCUT2D eigenvalue weighted by Crippen LogP contribution is -2.67. The number of benzene rings is 3. The Kier molecular flexibility index (Phi) is 10.5. The summed E-state index contributed by atoms with van der Waals surface area (Å²) in [6.45, 7) is 8.71. The van der Waals surface area contributed by atoms with E-state index in [4.69, 9.17) is 20.8 Å². The molecule has 0 aliphatic carbocycles. The van der Waals surface area contributed by atoms with E-state index in [0.29, 0.717) is 5.56 Å². The van der Waals surface area contributed by atoms with Gasteiger partial charge in [-0.3, -0.25) is 4.79 Å². The van der Waals surface area contributed by atoms with Crippen LogP contribution in [0.25, 0.3) is 0 Å². The summed E-state index contributed by atoms with van der Waals surface area (Å²) in [5.41, 5.74) is 0.688. The fourth-order valence-corrected chi connectivity index (χ4v) is 9.33. The van der Waals surface area contributed by atoms with Gasteiger partial charge in [0.25, 0.3) is 8.32 Å². The lowest BCUT2D eigenvalue weighted by atomic mass is 10.1. The maximum Gasteiger partial charge on any atom is 0.330 e. The van der Waals surface area contributed by atoms with Gasteiger partial charge < -0.3 is 14.5 Å². The predicted molar refractivity (Wildman–Crippen MR) is 156 cm³/mol. The van der Waals surface area contributed by atoms with Crippen LogP contribution in [0.4, 0.5) is 0 Å². The summed E-state index contributed by atoms with van der Waals surface area (Å²) in [5, 5.41) is 4.09. The molecule has 0 spiro atoms.